The Hall–Kier alpha value is -3.29. The van der Waals surface area contributed by atoms with Gasteiger partial charge in [-0.25, -0.2) is 0 Å². The Morgan fingerprint density at radius 1 is 1.08 bits per heavy atom. The Kier molecular flexibility index (Phi) is 4.66. The van der Waals surface area contributed by atoms with E-state index in [0.29, 0.717) is 16.8 Å². The minimum atomic E-state index is -2.91. The van der Waals surface area contributed by atoms with Gasteiger partial charge in [0.05, 0.1) is 17.5 Å². The normalized spacial score (nSPS) is 13.2. The number of carbonyl (C=O) groups is 3. The van der Waals surface area contributed by atoms with Crippen molar-refractivity contribution >= 4 is 23.4 Å². The van der Waals surface area contributed by atoms with E-state index in [1.807, 2.05) is 0 Å². The van der Waals surface area contributed by atoms with Gasteiger partial charge in [-0.1, -0.05) is 12.1 Å². The highest BCUT2D eigenvalue weighted by Crippen LogP contribution is 2.25. The number of anilines is 1. The van der Waals surface area contributed by atoms with Crippen LogP contribution in [0.4, 0.5) is 14.5 Å². The fourth-order valence-electron chi connectivity index (χ4n) is 2.62. The molecule has 0 atom stereocenters. The Morgan fingerprint density at radius 3 is 2.38 bits per heavy atom. The molecular weight excluding hydrogens is 346 g/mol. The van der Waals surface area contributed by atoms with Gasteiger partial charge < -0.3 is 10.1 Å². The van der Waals surface area contributed by atoms with E-state index >= 15 is 0 Å². The smallest absolute Gasteiger partial charge is 0.387 e. The maximum absolute atomic E-state index is 12.1. The van der Waals surface area contributed by atoms with Crippen LogP contribution in [0.1, 0.15) is 26.3 Å². The summed E-state index contributed by atoms with van der Waals surface area (Å²) in [7, 11) is 1.39. The first-order valence-electron chi connectivity index (χ1n) is 7.65. The average Bonchev–Trinajstić information content (AvgIpc) is 2.80. The van der Waals surface area contributed by atoms with Crippen LogP contribution in [0, 0.1) is 0 Å². The molecule has 0 saturated carbocycles. The molecule has 134 valence electrons. The number of nitrogens with one attached hydrogen (secondary N) is 1. The number of hydrogen-bond acceptors (Lipinski definition) is 4. The van der Waals surface area contributed by atoms with Gasteiger partial charge in [0.15, 0.2) is 0 Å². The second-order valence-electron chi connectivity index (χ2n) is 5.68. The van der Waals surface area contributed by atoms with Gasteiger partial charge in [-0.15, -0.1) is 0 Å². The molecule has 2 aromatic rings. The van der Waals surface area contributed by atoms with Crippen LogP contribution in [-0.4, -0.2) is 36.3 Å². The van der Waals surface area contributed by atoms with Gasteiger partial charge in [-0.05, 0) is 35.9 Å². The summed E-state index contributed by atoms with van der Waals surface area (Å²) in [5.41, 5.74) is 1.54. The Morgan fingerprint density at radius 2 is 1.73 bits per heavy atom. The van der Waals surface area contributed by atoms with Crippen molar-refractivity contribution in [3.05, 3.63) is 59.2 Å². The van der Waals surface area contributed by atoms with E-state index in [-0.39, 0.29) is 29.5 Å². The highest BCUT2D eigenvalue weighted by Gasteiger charge is 2.32. The first kappa shape index (κ1) is 17.5. The van der Waals surface area contributed by atoms with Crippen molar-refractivity contribution in [1.82, 2.24) is 4.90 Å². The molecule has 1 aliphatic rings. The molecule has 0 saturated heterocycles. The van der Waals surface area contributed by atoms with Crippen molar-refractivity contribution in [3.8, 4) is 5.75 Å². The van der Waals surface area contributed by atoms with Crippen LogP contribution in [0.5, 0.6) is 5.75 Å². The number of imide groups is 1. The second kappa shape index (κ2) is 6.91. The standard InChI is InChI=1S/C18H14F2N2O4/c1-22-16(24)13-7-4-11(9-14(13)17(22)25)21-15(23)8-10-2-5-12(6-3-10)26-18(19)20/h2-7,9,18H,8H2,1H3,(H,21,23). The number of rotatable bonds is 5. The average molecular weight is 360 g/mol. The number of benzene rings is 2. The van der Waals surface area contributed by atoms with Gasteiger partial charge in [0, 0.05) is 12.7 Å². The molecule has 0 bridgehead atoms. The molecule has 0 unspecified atom stereocenters. The van der Waals surface area contributed by atoms with Crippen molar-refractivity contribution < 1.29 is 27.9 Å². The number of hydrogen-bond donors (Lipinski definition) is 1. The Bertz CT molecular complexity index is 881. The number of nitrogens with zero attached hydrogens (tertiary/aromatic N) is 1. The third kappa shape index (κ3) is 3.53. The number of amides is 3. The fraction of sp³-hybridized carbons (Fsp3) is 0.167. The van der Waals surface area contributed by atoms with Crippen LogP contribution < -0.4 is 10.1 Å². The summed E-state index contributed by atoms with van der Waals surface area (Å²) in [6.45, 7) is -2.91. The molecule has 1 N–H and O–H groups in total. The minimum Gasteiger partial charge on any atom is -0.435 e. The monoisotopic (exact) mass is 360 g/mol. The first-order chi connectivity index (χ1) is 12.3. The number of fused-ring (bicyclic) bond motifs is 1. The lowest BCUT2D eigenvalue weighted by Gasteiger charge is -2.08. The van der Waals surface area contributed by atoms with Crippen LogP contribution in [0.2, 0.25) is 0 Å². The number of alkyl halides is 2. The van der Waals surface area contributed by atoms with Crippen molar-refractivity contribution in [2.75, 3.05) is 12.4 Å². The molecule has 6 nitrogen and oxygen atoms in total. The summed E-state index contributed by atoms with van der Waals surface area (Å²) in [5.74, 6) is -1.14. The molecular formula is C18H14F2N2O4. The Labute approximate surface area is 147 Å². The quantitative estimate of drug-likeness (QED) is 0.832. The maximum atomic E-state index is 12.1. The highest BCUT2D eigenvalue weighted by atomic mass is 19.3. The molecule has 1 heterocycles. The van der Waals surface area contributed by atoms with E-state index in [9.17, 15) is 23.2 Å². The molecule has 0 radical (unpaired) electrons. The molecule has 8 heteroatoms. The second-order valence-corrected chi connectivity index (χ2v) is 5.68. The van der Waals surface area contributed by atoms with E-state index in [4.69, 9.17) is 0 Å². The molecule has 0 fully saturated rings. The predicted octanol–water partition coefficient (Wildman–Crippen LogP) is 2.70. The topological polar surface area (TPSA) is 75.7 Å². The van der Waals surface area contributed by atoms with Gasteiger partial charge in [0.25, 0.3) is 11.8 Å². The third-order valence-corrected chi connectivity index (χ3v) is 3.89. The number of halogens is 2. The molecule has 2 aromatic carbocycles. The zero-order valence-electron chi connectivity index (χ0n) is 13.7. The fourth-order valence-corrected chi connectivity index (χ4v) is 2.62. The number of carbonyl (C=O) groups excluding carboxylic acids is 3. The predicted molar refractivity (Wildman–Crippen MR) is 88.3 cm³/mol. The van der Waals surface area contributed by atoms with Crippen LogP contribution in [-0.2, 0) is 11.2 Å². The summed E-state index contributed by atoms with van der Waals surface area (Å²) < 4.78 is 28.5. The zero-order valence-corrected chi connectivity index (χ0v) is 13.7. The van der Waals surface area contributed by atoms with E-state index in [0.717, 1.165) is 4.90 Å². The lowest BCUT2D eigenvalue weighted by atomic mass is 10.1. The first-order valence-corrected chi connectivity index (χ1v) is 7.65. The van der Waals surface area contributed by atoms with Crippen molar-refractivity contribution in [2.24, 2.45) is 0 Å². The van der Waals surface area contributed by atoms with Crippen LogP contribution in [0.25, 0.3) is 0 Å². The summed E-state index contributed by atoms with van der Waals surface area (Å²) in [6.07, 6.45) is 0.0127. The van der Waals surface area contributed by atoms with Crippen LogP contribution >= 0.6 is 0 Å². The molecule has 0 aliphatic carbocycles. The highest BCUT2D eigenvalue weighted by molar-refractivity contribution is 6.21. The van der Waals surface area contributed by atoms with E-state index in [1.165, 1.54) is 43.4 Å². The van der Waals surface area contributed by atoms with E-state index in [2.05, 4.69) is 10.1 Å². The summed E-state index contributed by atoms with van der Waals surface area (Å²) in [6, 6.07) is 10.2. The summed E-state index contributed by atoms with van der Waals surface area (Å²) >= 11 is 0. The molecule has 3 amide bonds. The maximum Gasteiger partial charge on any atom is 0.387 e. The largest absolute Gasteiger partial charge is 0.435 e. The van der Waals surface area contributed by atoms with Crippen molar-refractivity contribution in [1.29, 1.82) is 0 Å². The molecule has 0 aromatic heterocycles. The van der Waals surface area contributed by atoms with Gasteiger partial charge in [-0.3, -0.25) is 19.3 Å². The number of ether oxygens (including phenoxy) is 1. The van der Waals surface area contributed by atoms with Crippen molar-refractivity contribution in [3.63, 3.8) is 0 Å². The molecule has 0 spiro atoms. The SMILES string of the molecule is CN1C(=O)c2ccc(NC(=O)Cc3ccc(OC(F)F)cc3)cc2C1=O. The van der Waals surface area contributed by atoms with E-state index < -0.39 is 12.5 Å². The summed E-state index contributed by atoms with van der Waals surface area (Å²) in [5, 5.41) is 2.64. The molecule has 1 aliphatic heterocycles. The van der Waals surface area contributed by atoms with Crippen LogP contribution in [0.3, 0.4) is 0 Å². The van der Waals surface area contributed by atoms with Gasteiger partial charge in [-0.2, -0.15) is 8.78 Å². The lowest BCUT2D eigenvalue weighted by molar-refractivity contribution is -0.115. The minimum absolute atomic E-state index is 0.00933. The van der Waals surface area contributed by atoms with E-state index in [1.54, 1.807) is 6.07 Å². The van der Waals surface area contributed by atoms with Gasteiger partial charge in [0.2, 0.25) is 5.91 Å². The Balaban J connectivity index is 1.66. The molecule has 26 heavy (non-hydrogen) atoms. The van der Waals surface area contributed by atoms with Gasteiger partial charge >= 0.3 is 6.61 Å². The zero-order chi connectivity index (χ0) is 18.8. The summed E-state index contributed by atoms with van der Waals surface area (Å²) in [4.78, 5) is 37.0. The molecule has 3 rings (SSSR count). The van der Waals surface area contributed by atoms with Gasteiger partial charge in [0.1, 0.15) is 5.75 Å². The third-order valence-electron chi connectivity index (χ3n) is 3.89. The lowest BCUT2D eigenvalue weighted by Crippen LogP contribution is -2.24. The van der Waals surface area contributed by atoms with Crippen LogP contribution in [0.15, 0.2) is 42.5 Å². The van der Waals surface area contributed by atoms with Crippen molar-refractivity contribution in [2.45, 2.75) is 13.0 Å².